The number of aliphatic hydroxyl groups is 1. The number of carbonyl (C=O) groups excluding carboxylic acids is 1. The van der Waals surface area contributed by atoms with Crippen molar-refractivity contribution in [2.75, 3.05) is 0 Å². The fourth-order valence-electron chi connectivity index (χ4n) is 2.31. The van der Waals surface area contributed by atoms with E-state index in [-0.39, 0.29) is 10.7 Å². The van der Waals surface area contributed by atoms with Gasteiger partial charge in [0.1, 0.15) is 0 Å². The van der Waals surface area contributed by atoms with Gasteiger partial charge in [-0.1, -0.05) is 36.4 Å². The van der Waals surface area contributed by atoms with Crippen LogP contribution >= 0.6 is 11.3 Å². The van der Waals surface area contributed by atoms with E-state index in [4.69, 9.17) is 0 Å². The Labute approximate surface area is 150 Å². The van der Waals surface area contributed by atoms with Gasteiger partial charge < -0.3 is 5.11 Å². The van der Waals surface area contributed by atoms with Gasteiger partial charge in [-0.15, -0.1) is 11.3 Å². The molecule has 0 fully saturated rings. The van der Waals surface area contributed by atoms with Gasteiger partial charge in [-0.25, -0.2) is 10.2 Å². The SMILES string of the molecule is O=C(N/N=C/c1ccccc1)N1N=C(c2cccs2)CC1(O)C(F)(F)F. The third kappa shape index (κ3) is 3.46. The van der Waals surface area contributed by atoms with Crippen LogP contribution in [0.15, 0.2) is 58.0 Å². The van der Waals surface area contributed by atoms with Crippen LogP contribution in [0.4, 0.5) is 18.0 Å². The number of urea groups is 1. The largest absolute Gasteiger partial charge is 0.438 e. The van der Waals surface area contributed by atoms with Crippen LogP contribution in [0.5, 0.6) is 0 Å². The number of rotatable bonds is 3. The molecule has 1 unspecified atom stereocenters. The smallest absolute Gasteiger partial charge is 0.362 e. The minimum atomic E-state index is -5.09. The zero-order valence-corrected chi connectivity index (χ0v) is 14.0. The molecule has 2 aromatic rings. The third-order valence-corrected chi connectivity index (χ3v) is 4.53. The van der Waals surface area contributed by atoms with E-state index < -0.39 is 24.4 Å². The number of hydrogen-bond donors (Lipinski definition) is 2. The van der Waals surface area contributed by atoms with Crippen LogP contribution in [0.25, 0.3) is 0 Å². The predicted octanol–water partition coefficient (Wildman–Crippen LogP) is 3.15. The third-order valence-electron chi connectivity index (χ3n) is 3.61. The quantitative estimate of drug-likeness (QED) is 0.632. The van der Waals surface area contributed by atoms with Crippen molar-refractivity contribution in [3.05, 3.63) is 58.3 Å². The lowest BCUT2D eigenvalue weighted by atomic mass is 10.1. The Morgan fingerprint density at radius 2 is 2.04 bits per heavy atom. The van der Waals surface area contributed by atoms with E-state index in [9.17, 15) is 23.1 Å². The first kappa shape index (κ1) is 18.1. The number of thiophene rings is 1. The van der Waals surface area contributed by atoms with Crippen LogP contribution in [0.2, 0.25) is 0 Å². The van der Waals surface area contributed by atoms with Gasteiger partial charge >= 0.3 is 12.2 Å². The molecular formula is C16H13F3N4O2S. The van der Waals surface area contributed by atoms with E-state index in [0.29, 0.717) is 10.4 Å². The number of hydrazone groups is 2. The number of carbonyl (C=O) groups is 1. The summed E-state index contributed by atoms with van der Waals surface area (Å²) in [6, 6.07) is 10.6. The van der Waals surface area contributed by atoms with Crippen molar-refractivity contribution in [1.82, 2.24) is 10.4 Å². The molecule has 2 amide bonds. The van der Waals surface area contributed by atoms with E-state index in [2.05, 4.69) is 10.2 Å². The minimum Gasteiger partial charge on any atom is -0.362 e. The van der Waals surface area contributed by atoms with Crippen LogP contribution in [0, 0.1) is 0 Å². The van der Waals surface area contributed by atoms with Gasteiger partial charge in [0.05, 0.1) is 23.2 Å². The maximum Gasteiger partial charge on any atom is 0.438 e. The number of hydrogen-bond acceptors (Lipinski definition) is 5. The monoisotopic (exact) mass is 382 g/mol. The zero-order valence-electron chi connectivity index (χ0n) is 13.1. The molecule has 2 heterocycles. The Hall–Kier alpha value is -2.72. The molecule has 0 bridgehead atoms. The Balaban J connectivity index is 1.81. The number of alkyl halides is 3. The van der Waals surface area contributed by atoms with Crippen molar-refractivity contribution >= 4 is 29.3 Å². The first-order valence-electron chi connectivity index (χ1n) is 7.40. The molecule has 10 heteroatoms. The van der Waals surface area contributed by atoms with E-state index >= 15 is 0 Å². The Morgan fingerprint density at radius 3 is 2.65 bits per heavy atom. The molecule has 1 aliphatic rings. The normalized spacial score (nSPS) is 20.5. The van der Waals surface area contributed by atoms with Crippen LogP contribution < -0.4 is 5.43 Å². The Morgan fingerprint density at radius 1 is 1.31 bits per heavy atom. The predicted molar refractivity (Wildman–Crippen MR) is 90.9 cm³/mol. The van der Waals surface area contributed by atoms with Crippen molar-refractivity contribution < 1.29 is 23.1 Å². The van der Waals surface area contributed by atoms with E-state index in [1.807, 2.05) is 5.43 Å². The zero-order chi connectivity index (χ0) is 18.8. The van der Waals surface area contributed by atoms with Gasteiger partial charge in [-0.2, -0.15) is 28.4 Å². The molecular weight excluding hydrogens is 369 g/mol. The molecule has 2 N–H and O–H groups in total. The summed E-state index contributed by atoms with van der Waals surface area (Å²) in [7, 11) is 0. The second kappa shape index (κ2) is 6.89. The molecule has 1 atom stereocenters. The van der Waals surface area contributed by atoms with Crippen molar-refractivity contribution in [2.45, 2.75) is 18.3 Å². The summed E-state index contributed by atoms with van der Waals surface area (Å²) < 4.78 is 40.1. The second-order valence-corrected chi connectivity index (χ2v) is 6.36. The Bertz CT molecular complexity index is 837. The van der Waals surface area contributed by atoms with Crippen LogP contribution in [-0.2, 0) is 0 Å². The highest BCUT2D eigenvalue weighted by molar-refractivity contribution is 7.12. The van der Waals surface area contributed by atoms with Crippen molar-refractivity contribution in [1.29, 1.82) is 0 Å². The van der Waals surface area contributed by atoms with Gasteiger partial charge in [0, 0.05) is 0 Å². The number of nitrogens with one attached hydrogen (secondary N) is 1. The Kier molecular flexibility index (Phi) is 4.79. The molecule has 1 aromatic carbocycles. The fraction of sp³-hybridized carbons (Fsp3) is 0.188. The molecule has 26 heavy (non-hydrogen) atoms. The van der Waals surface area contributed by atoms with Gasteiger partial charge in [0.25, 0.3) is 5.72 Å². The number of nitrogens with zero attached hydrogens (tertiary/aromatic N) is 3. The maximum absolute atomic E-state index is 13.4. The lowest BCUT2D eigenvalue weighted by Gasteiger charge is -2.31. The van der Waals surface area contributed by atoms with Crippen molar-refractivity contribution in [3.63, 3.8) is 0 Å². The summed E-state index contributed by atoms with van der Waals surface area (Å²) in [5, 5.41) is 19.1. The van der Waals surface area contributed by atoms with Crippen molar-refractivity contribution in [2.24, 2.45) is 10.2 Å². The highest BCUT2D eigenvalue weighted by Gasteiger charge is 2.63. The highest BCUT2D eigenvalue weighted by atomic mass is 32.1. The molecule has 0 radical (unpaired) electrons. The van der Waals surface area contributed by atoms with Crippen LogP contribution in [0.1, 0.15) is 16.9 Å². The van der Waals surface area contributed by atoms with Gasteiger partial charge in [0.2, 0.25) is 0 Å². The molecule has 0 saturated heterocycles. The second-order valence-electron chi connectivity index (χ2n) is 5.41. The summed E-state index contributed by atoms with van der Waals surface area (Å²) in [6.07, 6.45) is -4.67. The molecule has 0 aliphatic carbocycles. The summed E-state index contributed by atoms with van der Waals surface area (Å²) >= 11 is 1.16. The van der Waals surface area contributed by atoms with Crippen LogP contribution in [-0.4, -0.2) is 40.0 Å². The fourth-order valence-corrected chi connectivity index (χ4v) is 3.02. The molecule has 136 valence electrons. The molecule has 1 aliphatic heterocycles. The molecule has 0 saturated carbocycles. The maximum atomic E-state index is 13.4. The number of amides is 2. The van der Waals surface area contributed by atoms with Gasteiger partial charge in [-0.05, 0) is 17.0 Å². The van der Waals surface area contributed by atoms with E-state index in [0.717, 1.165) is 11.3 Å². The lowest BCUT2D eigenvalue weighted by Crippen LogP contribution is -2.58. The van der Waals surface area contributed by atoms with Crippen LogP contribution in [0.3, 0.4) is 0 Å². The first-order valence-corrected chi connectivity index (χ1v) is 8.28. The summed E-state index contributed by atoms with van der Waals surface area (Å²) in [5.41, 5.74) is -0.857. The number of benzene rings is 1. The summed E-state index contributed by atoms with van der Waals surface area (Å²) in [6.45, 7) is 0. The van der Waals surface area contributed by atoms with E-state index in [1.165, 1.54) is 6.21 Å². The molecule has 6 nitrogen and oxygen atoms in total. The topological polar surface area (TPSA) is 77.3 Å². The first-order chi connectivity index (χ1) is 12.3. The average molecular weight is 382 g/mol. The van der Waals surface area contributed by atoms with Gasteiger partial charge in [-0.3, -0.25) is 0 Å². The van der Waals surface area contributed by atoms with E-state index in [1.54, 1.807) is 47.8 Å². The minimum absolute atomic E-state index is 0.00954. The summed E-state index contributed by atoms with van der Waals surface area (Å²) in [4.78, 5) is 12.6. The van der Waals surface area contributed by atoms with Crippen molar-refractivity contribution in [3.8, 4) is 0 Å². The lowest BCUT2D eigenvalue weighted by molar-refractivity contribution is -0.297. The standard InChI is InChI=1S/C16H13F3N4O2S/c17-16(18,19)15(25)9-12(13-7-4-8-26-13)22-23(15)14(24)21-20-10-11-5-2-1-3-6-11/h1-8,10,25H,9H2,(H,21,24)/b20-10+. The average Bonchev–Trinajstić information content (AvgIpc) is 3.23. The molecule has 0 spiro atoms. The molecule has 1 aromatic heterocycles. The summed E-state index contributed by atoms with van der Waals surface area (Å²) in [5.74, 6) is 0. The number of halogens is 3. The molecule has 3 rings (SSSR count). The van der Waals surface area contributed by atoms with Gasteiger partial charge in [0.15, 0.2) is 0 Å². The highest BCUT2D eigenvalue weighted by Crippen LogP contribution is 2.41.